The summed E-state index contributed by atoms with van der Waals surface area (Å²) < 4.78 is 0.935. The van der Waals surface area contributed by atoms with Crippen molar-refractivity contribution in [3.8, 4) is 0 Å². The minimum Gasteiger partial charge on any atom is -0.385 e. The van der Waals surface area contributed by atoms with Crippen molar-refractivity contribution in [1.29, 1.82) is 0 Å². The van der Waals surface area contributed by atoms with E-state index in [1.165, 1.54) is 12.8 Å². The first-order chi connectivity index (χ1) is 7.25. The third-order valence-corrected chi connectivity index (χ3v) is 3.03. The third-order valence-electron chi connectivity index (χ3n) is 2.56. The first-order valence-corrected chi connectivity index (χ1v) is 6.05. The van der Waals surface area contributed by atoms with Gasteiger partial charge in [-0.05, 0) is 53.4 Å². The number of aliphatic hydroxyl groups excluding tert-OH is 1. The minimum absolute atomic E-state index is 0.503. The van der Waals surface area contributed by atoms with E-state index in [1.807, 2.05) is 12.1 Å². The normalized spacial score (nSPS) is 17.7. The zero-order chi connectivity index (χ0) is 10.7. The Balaban J connectivity index is 1.78. The van der Waals surface area contributed by atoms with Crippen LogP contribution in [0.15, 0.2) is 22.8 Å². The molecule has 1 aromatic rings. The molecule has 0 spiro atoms. The summed E-state index contributed by atoms with van der Waals surface area (Å²) in [5, 5.41) is 13.1. The summed E-state index contributed by atoms with van der Waals surface area (Å²) in [6, 6.07) is 3.74. The van der Waals surface area contributed by atoms with Crippen LogP contribution in [0.2, 0.25) is 0 Å². The van der Waals surface area contributed by atoms with Gasteiger partial charge in [-0.2, -0.15) is 0 Å². The van der Waals surface area contributed by atoms with Crippen molar-refractivity contribution in [3.63, 3.8) is 0 Å². The molecule has 0 amide bonds. The number of nitrogens with one attached hydrogen (secondary N) is 1. The molecule has 1 heterocycles. The molecule has 1 aliphatic carbocycles. The van der Waals surface area contributed by atoms with Gasteiger partial charge in [0.05, 0.1) is 5.69 Å². The second-order valence-electron chi connectivity index (χ2n) is 4.02. The number of aromatic nitrogens is 1. The highest BCUT2D eigenvalue weighted by Crippen LogP contribution is 2.27. The number of pyridine rings is 1. The molecule has 1 atom stereocenters. The highest BCUT2D eigenvalue weighted by Gasteiger charge is 2.20. The summed E-state index contributed by atoms with van der Waals surface area (Å²) in [4.78, 5) is 4.15. The smallest absolute Gasteiger partial charge is 0.108 e. The van der Waals surface area contributed by atoms with E-state index in [0.29, 0.717) is 6.54 Å². The second-order valence-corrected chi connectivity index (χ2v) is 4.93. The lowest BCUT2D eigenvalue weighted by molar-refractivity contribution is 0.169. The molecule has 1 saturated carbocycles. The molecule has 1 aromatic heterocycles. The maximum Gasteiger partial charge on any atom is 0.108 e. The van der Waals surface area contributed by atoms with Gasteiger partial charge in [0.15, 0.2) is 0 Å². The molecule has 2 N–H and O–H groups in total. The fourth-order valence-corrected chi connectivity index (χ4v) is 1.67. The van der Waals surface area contributed by atoms with Crippen molar-refractivity contribution in [1.82, 2.24) is 10.3 Å². The zero-order valence-electron chi connectivity index (χ0n) is 8.49. The van der Waals surface area contributed by atoms with Gasteiger partial charge in [0.2, 0.25) is 0 Å². The molecule has 0 bridgehead atoms. The van der Waals surface area contributed by atoms with E-state index >= 15 is 0 Å². The van der Waals surface area contributed by atoms with Gasteiger partial charge >= 0.3 is 0 Å². The Morgan fingerprint density at radius 2 is 2.33 bits per heavy atom. The molecule has 82 valence electrons. The van der Waals surface area contributed by atoms with Gasteiger partial charge in [0.25, 0.3) is 0 Å². The molecule has 1 fully saturated rings. The number of nitrogens with zero attached hydrogens (tertiary/aromatic N) is 1. The SMILES string of the molecule is O[C@H](CNCC1CC1)c1ccc(Br)cn1. The Hall–Kier alpha value is -0.450. The minimum atomic E-state index is -0.503. The second kappa shape index (κ2) is 5.05. The Morgan fingerprint density at radius 3 is 2.93 bits per heavy atom. The van der Waals surface area contributed by atoms with Crippen LogP contribution in [0, 0.1) is 5.92 Å². The fourth-order valence-electron chi connectivity index (χ4n) is 1.44. The Labute approximate surface area is 98.0 Å². The molecule has 3 nitrogen and oxygen atoms in total. The van der Waals surface area contributed by atoms with Crippen LogP contribution in [-0.4, -0.2) is 23.2 Å². The van der Waals surface area contributed by atoms with Gasteiger partial charge in [-0.15, -0.1) is 0 Å². The maximum atomic E-state index is 9.80. The first-order valence-electron chi connectivity index (χ1n) is 5.26. The van der Waals surface area contributed by atoms with Gasteiger partial charge in [0.1, 0.15) is 6.10 Å². The van der Waals surface area contributed by atoms with E-state index in [0.717, 1.165) is 22.6 Å². The molecule has 1 aliphatic rings. The maximum absolute atomic E-state index is 9.80. The van der Waals surface area contributed by atoms with E-state index < -0.39 is 6.10 Å². The molecule has 0 radical (unpaired) electrons. The monoisotopic (exact) mass is 270 g/mol. The summed E-state index contributed by atoms with van der Waals surface area (Å²) in [6.45, 7) is 1.61. The number of hydrogen-bond donors (Lipinski definition) is 2. The number of aliphatic hydroxyl groups is 1. The zero-order valence-corrected chi connectivity index (χ0v) is 10.1. The van der Waals surface area contributed by atoms with Crippen molar-refractivity contribution >= 4 is 15.9 Å². The molecule has 0 aliphatic heterocycles. The van der Waals surface area contributed by atoms with Crippen LogP contribution < -0.4 is 5.32 Å². The van der Waals surface area contributed by atoms with Crippen molar-refractivity contribution in [2.24, 2.45) is 5.92 Å². The summed E-state index contributed by atoms with van der Waals surface area (Å²) >= 11 is 3.31. The molecule has 15 heavy (non-hydrogen) atoms. The van der Waals surface area contributed by atoms with Crippen LogP contribution in [0.25, 0.3) is 0 Å². The Morgan fingerprint density at radius 1 is 1.53 bits per heavy atom. The molecular formula is C11H15BrN2O. The van der Waals surface area contributed by atoms with Crippen LogP contribution in [-0.2, 0) is 0 Å². The first kappa shape index (κ1) is 11.0. The number of hydrogen-bond acceptors (Lipinski definition) is 3. The van der Waals surface area contributed by atoms with Crippen molar-refractivity contribution < 1.29 is 5.11 Å². The van der Waals surface area contributed by atoms with Crippen LogP contribution in [0.3, 0.4) is 0 Å². The molecule has 2 rings (SSSR count). The summed E-state index contributed by atoms with van der Waals surface area (Å²) in [5.41, 5.74) is 0.724. The number of halogens is 1. The topological polar surface area (TPSA) is 45.1 Å². The van der Waals surface area contributed by atoms with Crippen LogP contribution in [0.5, 0.6) is 0 Å². The molecular weight excluding hydrogens is 256 g/mol. The van der Waals surface area contributed by atoms with Gasteiger partial charge in [-0.1, -0.05) is 0 Å². The summed E-state index contributed by atoms with van der Waals surface area (Å²) in [6.07, 6.45) is 3.87. The highest BCUT2D eigenvalue weighted by molar-refractivity contribution is 9.10. The molecule has 4 heteroatoms. The van der Waals surface area contributed by atoms with E-state index in [-0.39, 0.29) is 0 Å². The van der Waals surface area contributed by atoms with Gasteiger partial charge in [-0.25, -0.2) is 0 Å². The standard InChI is InChI=1S/C11H15BrN2O/c12-9-3-4-10(14-6-9)11(15)7-13-5-8-1-2-8/h3-4,6,8,11,13,15H,1-2,5,7H2/t11-/m1/s1. The lowest BCUT2D eigenvalue weighted by atomic mass is 10.2. The molecule has 0 saturated heterocycles. The summed E-state index contributed by atoms with van der Waals surface area (Å²) in [7, 11) is 0. The number of rotatable bonds is 5. The predicted molar refractivity (Wildman–Crippen MR) is 62.5 cm³/mol. The van der Waals surface area contributed by atoms with Crippen LogP contribution in [0.1, 0.15) is 24.6 Å². The van der Waals surface area contributed by atoms with Gasteiger partial charge in [0, 0.05) is 17.2 Å². The van der Waals surface area contributed by atoms with Crippen LogP contribution in [0.4, 0.5) is 0 Å². The fraction of sp³-hybridized carbons (Fsp3) is 0.545. The van der Waals surface area contributed by atoms with E-state index in [9.17, 15) is 5.11 Å². The Kier molecular flexibility index (Phi) is 3.72. The quantitative estimate of drug-likeness (QED) is 0.859. The molecule has 0 aromatic carbocycles. The van der Waals surface area contributed by atoms with E-state index in [1.54, 1.807) is 6.20 Å². The highest BCUT2D eigenvalue weighted by atomic mass is 79.9. The third kappa shape index (κ3) is 3.55. The average molecular weight is 271 g/mol. The predicted octanol–water partition coefficient (Wildman–Crippen LogP) is 1.88. The average Bonchev–Trinajstić information content (AvgIpc) is 3.02. The van der Waals surface area contributed by atoms with Crippen molar-refractivity contribution in [2.75, 3.05) is 13.1 Å². The van der Waals surface area contributed by atoms with Gasteiger partial charge in [-0.3, -0.25) is 4.98 Å². The lowest BCUT2D eigenvalue weighted by Crippen LogP contribution is -2.24. The lowest BCUT2D eigenvalue weighted by Gasteiger charge is -2.10. The Bertz CT molecular complexity index is 311. The summed E-state index contributed by atoms with van der Waals surface area (Å²) in [5.74, 6) is 0.843. The van der Waals surface area contributed by atoms with Crippen molar-refractivity contribution in [2.45, 2.75) is 18.9 Å². The van der Waals surface area contributed by atoms with Crippen LogP contribution >= 0.6 is 15.9 Å². The van der Waals surface area contributed by atoms with E-state index in [4.69, 9.17) is 0 Å². The molecule has 0 unspecified atom stereocenters. The van der Waals surface area contributed by atoms with Crippen molar-refractivity contribution in [3.05, 3.63) is 28.5 Å². The largest absolute Gasteiger partial charge is 0.385 e. The van der Waals surface area contributed by atoms with E-state index in [2.05, 4.69) is 26.2 Å². The van der Waals surface area contributed by atoms with Gasteiger partial charge < -0.3 is 10.4 Å².